The lowest BCUT2D eigenvalue weighted by Gasteiger charge is -2.15. The Hall–Kier alpha value is -4.17. The van der Waals surface area contributed by atoms with Gasteiger partial charge in [0.15, 0.2) is 11.3 Å². The zero-order valence-corrected chi connectivity index (χ0v) is 18.3. The van der Waals surface area contributed by atoms with Crippen LogP contribution in [-0.4, -0.2) is 16.8 Å². The van der Waals surface area contributed by atoms with Crippen LogP contribution in [0.4, 0.5) is 5.69 Å². The molecular weight excluding hydrogens is 440 g/mol. The highest BCUT2D eigenvalue weighted by Crippen LogP contribution is 2.39. The number of nitrogens with two attached hydrogens (primary N) is 1. The summed E-state index contributed by atoms with van der Waals surface area (Å²) in [6.07, 6.45) is 0. The molecule has 0 amide bonds. The molecule has 5 rings (SSSR count). The molecule has 0 saturated heterocycles. The standard InChI is InChI=1S/C25H18N2O5S/c1-31-15-11-12-16-18(13-15)27(14-7-3-2-4-8-14)24(29)20-21(28)23(25(30)32-22(16)20)33-19-10-6-5-9-17(19)26/h2-13,28H,26H2,1H3. The Morgan fingerprint density at radius 1 is 1.00 bits per heavy atom. The Labute approximate surface area is 191 Å². The molecule has 8 heteroatoms. The van der Waals surface area contributed by atoms with Gasteiger partial charge in [-0.05, 0) is 36.4 Å². The second kappa shape index (κ2) is 8.07. The van der Waals surface area contributed by atoms with Gasteiger partial charge in [0.2, 0.25) is 0 Å². The van der Waals surface area contributed by atoms with Crippen molar-refractivity contribution in [1.29, 1.82) is 0 Å². The van der Waals surface area contributed by atoms with Gasteiger partial charge in [-0.1, -0.05) is 42.1 Å². The van der Waals surface area contributed by atoms with E-state index in [4.69, 9.17) is 14.9 Å². The molecular formula is C25H18N2O5S. The van der Waals surface area contributed by atoms with Crippen molar-refractivity contribution < 1.29 is 14.3 Å². The lowest BCUT2D eigenvalue weighted by molar-refractivity contribution is 0.415. The second-order valence-corrected chi connectivity index (χ2v) is 8.32. The maximum atomic E-state index is 13.7. The second-order valence-electron chi connectivity index (χ2n) is 7.27. The zero-order chi connectivity index (χ0) is 23.1. The molecule has 3 aromatic carbocycles. The van der Waals surface area contributed by atoms with Gasteiger partial charge in [0.25, 0.3) is 5.56 Å². The maximum absolute atomic E-state index is 13.7. The number of para-hydroxylation sites is 2. The average molecular weight is 458 g/mol. The molecule has 0 radical (unpaired) electrons. The summed E-state index contributed by atoms with van der Waals surface area (Å²) in [5, 5.41) is 11.5. The van der Waals surface area contributed by atoms with Crippen LogP contribution in [0, 0.1) is 0 Å². The van der Waals surface area contributed by atoms with E-state index < -0.39 is 16.9 Å². The van der Waals surface area contributed by atoms with E-state index in [0.29, 0.717) is 32.9 Å². The fourth-order valence-electron chi connectivity index (χ4n) is 3.74. The molecule has 0 saturated carbocycles. The van der Waals surface area contributed by atoms with Crippen LogP contribution in [0.15, 0.2) is 96.6 Å². The molecule has 5 aromatic rings. The van der Waals surface area contributed by atoms with Crippen molar-refractivity contribution in [2.24, 2.45) is 0 Å². The minimum absolute atomic E-state index is 0.0118. The van der Waals surface area contributed by atoms with Crippen LogP contribution in [0.2, 0.25) is 0 Å². The van der Waals surface area contributed by atoms with E-state index in [-0.39, 0.29) is 15.9 Å². The lowest BCUT2D eigenvalue weighted by atomic mass is 10.1. The molecule has 0 unspecified atom stereocenters. The first-order chi connectivity index (χ1) is 16.0. The van der Waals surface area contributed by atoms with Gasteiger partial charge in [-0.25, -0.2) is 4.79 Å². The topological polar surface area (TPSA) is 108 Å². The van der Waals surface area contributed by atoms with Crippen molar-refractivity contribution in [2.75, 3.05) is 12.8 Å². The highest BCUT2D eigenvalue weighted by atomic mass is 32.2. The average Bonchev–Trinajstić information content (AvgIpc) is 2.83. The minimum Gasteiger partial charge on any atom is -0.505 e. The first kappa shape index (κ1) is 20.7. The Morgan fingerprint density at radius 3 is 2.45 bits per heavy atom. The summed E-state index contributed by atoms with van der Waals surface area (Å²) in [4.78, 5) is 27.1. The molecule has 3 N–H and O–H groups in total. The molecule has 2 aromatic heterocycles. The third kappa shape index (κ3) is 3.41. The minimum atomic E-state index is -0.762. The number of nitrogens with zero attached hydrogens (tertiary/aromatic N) is 1. The summed E-state index contributed by atoms with van der Waals surface area (Å²) in [5.41, 5.74) is 6.23. The molecule has 7 nitrogen and oxygen atoms in total. The summed E-state index contributed by atoms with van der Waals surface area (Å²) in [5.74, 6) is 0.0890. The molecule has 0 aliphatic rings. The first-order valence-electron chi connectivity index (χ1n) is 10.00. The van der Waals surface area contributed by atoms with Gasteiger partial charge >= 0.3 is 5.63 Å². The summed E-state index contributed by atoms with van der Waals surface area (Å²) >= 11 is 0.955. The van der Waals surface area contributed by atoms with Crippen molar-refractivity contribution in [1.82, 2.24) is 4.57 Å². The largest absolute Gasteiger partial charge is 0.505 e. The van der Waals surface area contributed by atoms with E-state index in [1.807, 2.05) is 18.2 Å². The van der Waals surface area contributed by atoms with Crippen LogP contribution < -0.4 is 21.7 Å². The Kier molecular flexibility index (Phi) is 5.07. The summed E-state index contributed by atoms with van der Waals surface area (Å²) < 4.78 is 12.4. The number of anilines is 1. The Morgan fingerprint density at radius 2 is 1.73 bits per heavy atom. The number of aromatic nitrogens is 1. The fraction of sp³-hybridized carbons (Fsp3) is 0.0400. The molecule has 0 aliphatic heterocycles. The lowest BCUT2D eigenvalue weighted by Crippen LogP contribution is -2.20. The molecule has 0 aliphatic carbocycles. The predicted molar refractivity (Wildman–Crippen MR) is 129 cm³/mol. The number of methoxy groups -OCH3 is 1. The van der Waals surface area contributed by atoms with Gasteiger partial charge in [0, 0.05) is 27.7 Å². The number of benzene rings is 3. The van der Waals surface area contributed by atoms with Crippen LogP contribution in [0.3, 0.4) is 0 Å². The molecule has 0 bridgehead atoms. The quantitative estimate of drug-likeness (QED) is 0.301. The fourth-order valence-corrected chi connectivity index (χ4v) is 4.62. The summed E-state index contributed by atoms with van der Waals surface area (Å²) in [6, 6.07) is 21.0. The number of nitrogen functional groups attached to an aromatic ring is 1. The first-order valence-corrected chi connectivity index (χ1v) is 10.8. The van der Waals surface area contributed by atoms with Crippen molar-refractivity contribution in [3.05, 3.63) is 93.6 Å². The Balaban J connectivity index is 1.90. The van der Waals surface area contributed by atoms with E-state index in [1.165, 1.54) is 11.7 Å². The number of ether oxygens (including phenoxy) is 1. The molecule has 164 valence electrons. The van der Waals surface area contributed by atoms with E-state index in [2.05, 4.69) is 0 Å². The third-order valence-corrected chi connectivity index (χ3v) is 6.47. The number of pyridine rings is 1. The van der Waals surface area contributed by atoms with E-state index in [9.17, 15) is 14.7 Å². The van der Waals surface area contributed by atoms with Crippen molar-refractivity contribution in [3.63, 3.8) is 0 Å². The van der Waals surface area contributed by atoms with Gasteiger partial charge in [0.1, 0.15) is 16.0 Å². The normalized spacial score (nSPS) is 11.2. The van der Waals surface area contributed by atoms with E-state index in [1.54, 1.807) is 54.6 Å². The summed E-state index contributed by atoms with van der Waals surface area (Å²) in [7, 11) is 1.53. The van der Waals surface area contributed by atoms with Gasteiger partial charge in [0.05, 0.1) is 12.6 Å². The number of rotatable bonds is 4. The van der Waals surface area contributed by atoms with Crippen LogP contribution in [0.1, 0.15) is 0 Å². The van der Waals surface area contributed by atoms with Gasteiger partial charge in [-0.15, -0.1) is 0 Å². The van der Waals surface area contributed by atoms with Crippen molar-refractivity contribution >= 4 is 39.3 Å². The summed E-state index contributed by atoms with van der Waals surface area (Å²) in [6.45, 7) is 0. The smallest absolute Gasteiger partial charge is 0.354 e. The molecule has 0 spiro atoms. The van der Waals surface area contributed by atoms with Crippen molar-refractivity contribution in [2.45, 2.75) is 9.79 Å². The molecule has 33 heavy (non-hydrogen) atoms. The van der Waals surface area contributed by atoms with Gasteiger partial charge < -0.3 is 20.0 Å². The van der Waals surface area contributed by atoms with Crippen LogP contribution >= 0.6 is 11.8 Å². The monoisotopic (exact) mass is 458 g/mol. The maximum Gasteiger partial charge on any atom is 0.354 e. The number of hydrogen-bond acceptors (Lipinski definition) is 7. The number of aromatic hydroxyl groups is 1. The highest BCUT2D eigenvalue weighted by molar-refractivity contribution is 7.99. The number of hydrogen-bond donors (Lipinski definition) is 2. The zero-order valence-electron chi connectivity index (χ0n) is 17.4. The highest BCUT2D eigenvalue weighted by Gasteiger charge is 2.23. The van der Waals surface area contributed by atoms with E-state index >= 15 is 0 Å². The van der Waals surface area contributed by atoms with Crippen LogP contribution in [0.25, 0.3) is 27.6 Å². The predicted octanol–water partition coefficient (Wildman–Crippen LogP) is 4.54. The molecule has 0 atom stereocenters. The Bertz CT molecular complexity index is 1640. The third-order valence-electron chi connectivity index (χ3n) is 5.31. The van der Waals surface area contributed by atoms with Gasteiger partial charge in [-0.2, -0.15) is 0 Å². The SMILES string of the molecule is COc1ccc2c3oc(=O)c(Sc4ccccc4N)c(O)c3c(=O)n(-c3ccccc3)c2c1. The number of fused-ring (bicyclic) bond motifs is 3. The van der Waals surface area contributed by atoms with Crippen LogP contribution in [0.5, 0.6) is 11.5 Å². The van der Waals surface area contributed by atoms with E-state index in [0.717, 1.165) is 11.8 Å². The molecule has 0 fully saturated rings. The van der Waals surface area contributed by atoms with Gasteiger partial charge in [-0.3, -0.25) is 9.36 Å². The van der Waals surface area contributed by atoms with Crippen molar-refractivity contribution in [3.8, 4) is 17.2 Å². The molecule has 2 heterocycles. The van der Waals surface area contributed by atoms with Crippen LogP contribution in [-0.2, 0) is 0 Å².